The lowest BCUT2D eigenvalue weighted by Crippen LogP contribution is -2.41. The van der Waals surface area contributed by atoms with Crippen LogP contribution < -0.4 is 10.9 Å². The minimum absolute atomic E-state index is 0.169. The summed E-state index contributed by atoms with van der Waals surface area (Å²) in [4.78, 5) is 14.4. The highest BCUT2D eigenvalue weighted by Gasteiger charge is 2.20. The molecule has 5 nitrogen and oxygen atoms in total. The Hall–Kier alpha value is -2.63. The van der Waals surface area contributed by atoms with Gasteiger partial charge in [0.25, 0.3) is 0 Å². The number of rotatable bonds is 6. The average Bonchev–Trinajstić information content (AvgIpc) is 2.74. The maximum atomic E-state index is 11.9. The summed E-state index contributed by atoms with van der Waals surface area (Å²) in [6.45, 7) is 5.58. The van der Waals surface area contributed by atoms with Gasteiger partial charge in [-0.25, -0.2) is 4.79 Å². The summed E-state index contributed by atoms with van der Waals surface area (Å²) < 4.78 is 5.48. The van der Waals surface area contributed by atoms with Crippen LogP contribution in [0.3, 0.4) is 0 Å². The normalized spacial score (nSPS) is 15.8. The predicted octanol–water partition coefficient (Wildman–Crippen LogP) is 3.82. The summed E-state index contributed by atoms with van der Waals surface area (Å²) in [6.07, 6.45) is 2.87. The van der Waals surface area contributed by atoms with E-state index in [1.807, 2.05) is 19.1 Å². The zero-order chi connectivity index (χ0) is 20.2. The van der Waals surface area contributed by atoms with Gasteiger partial charge in [0, 0.05) is 30.6 Å². The lowest BCUT2D eigenvalue weighted by Gasteiger charge is -2.32. The van der Waals surface area contributed by atoms with Crippen LogP contribution in [0.1, 0.15) is 36.5 Å². The van der Waals surface area contributed by atoms with Gasteiger partial charge in [0.2, 0.25) is 0 Å². The second-order valence-corrected chi connectivity index (χ2v) is 7.80. The number of hydrogen-bond donors (Lipinski definition) is 2. The molecule has 0 atom stereocenters. The van der Waals surface area contributed by atoms with Crippen LogP contribution in [0.4, 0.5) is 0 Å². The number of piperidine rings is 1. The molecule has 1 aliphatic heterocycles. The number of hydrogen-bond acceptors (Lipinski definition) is 5. The summed E-state index contributed by atoms with van der Waals surface area (Å²) in [5.74, 6) is 0.169. The molecule has 0 aliphatic carbocycles. The van der Waals surface area contributed by atoms with Gasteiger partial charge in [0.05, 0.1) is 5.56 Å². The molecule has 0 saturated carbocycles. The quantitative estimate of drug-likeness (QED) is 0.625. The largest absolute Gasteiger partial charge is 0.507 e. The van der Waals surface area contributed by atoms with Crippen molar-refractivity contribution in [1.82, 2.24) is 10.2 Å². The first-order valence-electron chi connectivity index (χ1n) is 10.4. The van der Waals surface area contributed by atoms with Crippen molar-refractivity contribution in [2.24, 2.45) is 0 Å². The van der Waals surface area contributed by atoms with Crippen LogP contribution in [0, 0.1) is 0 Å². The van der Waals surface area contributed by atoms with Crippen LogP contribution >= 0.6 is 0 Å². The standard InChI is InChI=1S/C24H28N2O3/c1-2-18-14-23(28)29-24-20(18)8-9-22(27)21(24)15-25-19-10-12-26(13-11-19)16-17-6-4-3-5-7-17/h3-9,14,19,25,27H,2,10-13,15-16H2,1H3. The van der Waals surface area contributed by atoms with E-state index in [2.05, 4.69) is 34.5 Å². The Morgan fingerprint density at radius 3 is 2.62 bits per heavy atom. The second kappa shape index (κ2) is 8.80. The highest BCUT2D eigenvalue weighted by molar-refractivity contribution is 5.85. The monoisotopic (exact) mass is 392 g/mol. The van der Waals surface area contributed by atoms with Crippen LogP contribution in [0.2, 0.25) is 0 Å². The molecule has 0 bridgehead atoms. The Kier molecular flexibility index (Phi) is 5.97. The van der Waals surface area contributed by atoms with Crippen LogP contribution in [-0.4, -0.2) is 29.1 Å². The van der Waals surface area contributed by atoms with Crippen LogP contribution in [-0.2, 0) is 19.5 Å². The van der Waals surface area contributed by atoms with E-state index in [-0.39, 0.29) is 11.4 Å². The lowest BCUT2D eigenvalue weighted by atomic mass is 10.0. The van der Waals surface area contributed by atoms with E-state index >= 15 is 0 Å². The zero-order valence-corrected chi connectivity index (χ0v) is 16.9. The fourth-order valence-electron chi connectivity index (χ4n) is 4.18. The molecule has 5 heteroatoms. The molecule has 3 aromatic rings. The highest BCUT2D eigenvalue weighted by atomic mass is 16.4. The molecule has 1 aromatic heterocycles. The van der Waals surface area contributed by atoms with Gasteiger partial charge < -0.3 is 14.8 Å². The van der Waals surface area contributed by atoms with Crippen molar-refractivity contribution >= 4 is 11.0 Å². The van der Waals surface area contributed by atoms with Crippen molar-refractivity contribution in [2.45, 2.75) is 45.3 Å². The molecule has 0 amide bonds. The van der Waals surface area contributed by atoms with E-state index in [9.17, 15) is 9.90 Å². The molecular weight excluding hydrogens is 364 g/mol. The molecule has 2 heterocycles. The molecule has 1 aliphatic rings. The molecule has 0 unspecified atom stereocenters. The highest BCUT2D eigenvalue weighted by Crippen LogP contribution is 2.29. The Morgan fingerprint density at radius 1 is 1.14 bits per heavy atom. The number of fused-ring (bicyclic) bond motifs is 1. The molecule has 0 spiro atoms. The van der Waals surface area contributed by atoms with E-state index in [0.717, 1.165) is 49.8 Å². The molecule has 1 saturated heterocycles. The van der Waals surface area contributed by atoms with E-state index in [1.165, 1.54) is 5.56 Å². The van der Waals surface area contributed by atoms with Crippen molar-refractivity contribution in [3.05, 3.63) is 75.6 Å². The van der Waals surface area contributed by atoms with Gasteiger partial charge in [-0.3, -0.25) is 4.90 Å². The van der Waals surface area contributed by atoms with Crippen LogP contribution in [0.5, 0.6) is 5.75 Å². The molecule has 29 heavy (non-hydrogen) atoms. The molecule has 2 N–H and O–H groups in total. The lowest BCUT2D eigenvalue weighted by molar-refractivity contribution is 0.190. The van der Waals surface area contributed by atoms with Crippen LogP contribution in [0.15, 0.2) is 57.7 Å². The number of benzene rings is 2. The van der Waals surface area contributed by atoms with E-state index in [0.29, 0.717) is 23.7 Å². The molecule has 4 rings (SSSR count). The first-order chi connectivity index (χ1) is 14.1. The van der Waals surface area contributed by atoms with Crippen molar-refractivity contribution in [1.29, 1.82) is 0 Å². The number of nitrogens with zero attached hydrogens (tertiary/aromatic N) is 1. The van der Waals surface area contributed by atoms with Crippen LogP contribution in [0.25, 0.3) is 11.0 Å². The fourth-order valence-corrected chi connectivity index (χ4v) is 4.18. The van der Waals surface area contributed by atoms with Gasteiger partial charge in [-0.2, -0.15) is 0 Å². The summed E-state index contributed by atoms with van der Waals surface area (Å²) >= 11 is 0. The number of phenolic OH excluding ortho intramolecular Hbond substituents is 1. The number of likely N-dealkylation sites (tertiary alicyclic amines) is 1. The van der Waals surface area contributed by atoms with Crippen molar-refractivity contribution < 1.29 is 9.52 Å². The maximum Gasteiger partial charge on any atom is 0.336 e. The summed E-state index contributed by atoms with van der Waals surface area (Å²) in [6, 6.07) is 16.0. The Balaban J connectivity index is 1.41. The van der Waals surface area contributed by atoms with Gasteiger partial charge in [-0.05, 0) is 55.6 Å². The van der Waals surface area contributed by atoms with Gasteiger partial charge in [0.1, 0.15) is 11.3 Å². The van der Waals surface area contributed by atoms with E-state index in [1.54, 1.807) is 12.1 Å². The van der Waals surface area contributed by atoms with E-state index < -0.39 is 0 Å². The third-order valence-corrected chi connectivity index (χ3v) is 5.86. The number of aryl methyl sites for hydroxylation is 1. The molecule has 1 fully saturated rings. The summed E-state index contributed by atoms with van der Waals surface area (Å²) in [7, 11) is 0. The van der Waals surface area contributed by atoms with Gasteiger partial charge in [-0.15, -0.1) is 0 Å². The second-order valence-electron chi connectivity index (χ2n) is 7.80. The fraction of sp³-hybridized carbons (Fsp3) is 0.375. The topological polar surface area (TPSA) is 65.7 Å². The minimum atomic E-state index is -0.365. The first-order valence-corrected chi connectivity index (χ1v) is 10.4. The Bertz CT molecular complexity index is 1020. The van der Waals surface area contributed by atoms with E-state index in [4.69, 9.17) is 4.42 Å². The van der Waals surface area contributed by atoms with Gasteiger partial charge in [0.15, 0.2) is 0 Å². The number of nitrogens with one attached hydrogen (secondary N) is 1. The van der Waals surface area contributed by atoms with Crippen molar-refractivity contribution in [3.8, 4) is 5.75 Å². The molecule has 0 radical (unpaired) electrons. The first kappa shape index (κ1) is 19.7. The van der Waals surface area contributed by atoms with Gasteiger partial charge >= 0.3 is 5.63 Å². The summed E-state index contributed by atoms with van der Waals surface area (Å²) in [5, 5.41) is 14.9. The Morgan fingerprint density at radius 2 is 1.90 bits per heavy atom. The zero-order valence-electron chi connectivity index (χ0n) is 16.9. The van der Waals surface area contributed by atoms with Crippen molar-refractivity contribution in [3.63, 3.8) is 0 Å². The third-order valence-electron chi connectivity index (χ3n) is 5.86. The van der Waals surface area contributed by atoms with Gasteiger partial charge in [-0.1, -0.05) is 37.3 Å². The maximum absolute atomic E-state index is 11.9. The molecular formula is C24H28N2O3. The number of phenols is 1. The number of aromatic hydroxyl groups is 1. The average molecular weight is 392 g/mol. The SMILES string of the molecule is CCc1cc(=O)oc2c(CNC3CCN(Cc4ccccc4)CC3)c(O)ccc12. The van der Waals surface area contributed by atoms with Crippen molar-refractivity contribution in [2.75, 3.05) is 13.1 Å². The minimum Gasteiger partial charge on any atom is -0.507 e. The predicted molar refractivity (Wildman–Crippen MR) is 115 cm³/mol. The smallest absolute Gasteiger partial charge is 0.336 e. The third kappa shape index (κ3) is 4.52. The Labute approximate surface area is 171 Å². The molecule has 2 aromatic carbocycles. The molecule has 152 valence electrons. The summed E-state index contributed by atoms with van der Waals surface area (Å²) in [5.41, 5.74) is 3.11.